The van der Waals surface area contributed by atoms with Crippen LogP contribution in [0.5, 0.6) is 0 Å². The van der Waals surface area contributed by atoms with Crippen molar-refractivity contribution in [2.24, 2.45) is 0 Å². The molecule has 0 saturated heterocycles. The van der Waals surface area contributed by atoms with Crippen molar-refractivity contribution >= 4 is 78.1 Å². The van der Waals surface area contributed by atoms with Crippen LogP contribution in [0, 0.1) is 0 Å². The molecule has 2 heterocycles. The molecule has 7 aromatic carbocycles. The van der Waals surface area contributed by atoms with Gasteiger partial charge in [-0.2, -0.15) is 0 Å². The molecule has 0 N–H and O–H groups in total. The lowest BCUT2D eigenvalue weighted by Gasteiger charge is -2.24. The van der Waals surface area contributed by atoms with Crippen LogP contribution in [0.4, 0.5) is 0 Å². The minimum absolute atomic E-state index is 1.22. The third-order valence-corrected chi connectivity index (χ3v) is 14.9. The summed E-state index contributed by atoms with van der Waals surface area (Å²) in [5.74, 6) is 0. The van der Waals surface area contributed by atoms with E-state index in [0.717, 1.165) is 0 Å². The molecule has 8 aromatic rings. The van der Waals surface area contributed by atoms with E-state index < -0.39 is 6.04 Å². The molecule has 4 heteroatoms. The van der Waals surface area contributed by atoms with Crippen molar-refractivity contribution in [1.29, 1.82) is 0 Å². The first-order valence-electron chi connectivity index (χ1n) is 14.8. The Morgan fingerprint density at radius 2 is 1.11 bits per heavy atom. The molecule has 1 aromatic heterocycles. The van der Waals surface area contributed by atoms with Crippen LogP contribution in [0.3, 0.4) is 0 Å². The number of para-hydroxylation sites is 2. The van der Waals surface area contributed by atoms with Crippen LogP contribution in [-0.4, -0.2) is 4.57 Å². The fourth-order valence-electron chi connectivity index (χ4n) is 6.73. The lowest BCUT2D eigenvalue weighted by atomic mass is 10.0. The molecule has 0 amide bonds. The Morgan fingerprint density at radius 3 is 1.91 bits per heavy atom. The van der Waals surface area contributed by atoms with Crippen LogP contribution in [0.1, 0.15) is 0 Å². The number of hydrogen-bond acceptors (Lipinski definition) is 2. The highest BCUT2D eigenvalue weighted by Gasteiger charge is 2.25. The van der Waals surface area contributed by atoms with E-state index in [9.17, 15) is 0 Å². The number of benzene rings is 7. The second-order valence-electron chi connectivity index (χ2n) is 11.3. The number of aromatic nitrogens is 1. The first kappa shape index (κ1) is 26.0. The number of hydrogen-bond donors (Lipinski definition) is 0. The van der Waals surface area contributed by atoms with Gasteiger partial charge in [0.05, 0.1) is 16.7 Å². The lowest BCUT2D eigenvalue weighted by Crippen LogP contribution is -2.24. The Kier molecular flexibility index (Phi) is 5.96. The molecule has 0 fully saturated rings. The predicted molar refractivity (Wildman–Crippen MR) is 194 cm³/mol. The molecule has 1 nitrogen and oxygen atoms in total. The summed E-state index contributed by atoms with van der Waals surface area (Å²) >= 11 is 8.48. The normalized spacial score (nSPS) is 12.5. The molecule has 0 bridgehead atoms. The summed E-state index contributed by atoms with van der Waals surface area (Å²) in [5, 5.41) is 8.73. The van der Waals surface area contributed by atoms with Crippen molar-refractivity contribution in [3.8, 4) is 16.8 Å². The number of nitrogens with zero attached hydrogens (tertiary/aromatic N) is 1. The molecule has 0 aliphatic carbocycles. The van der Waals surface area contributed by atoms with Crippen LogP contribution in [-0.2, 0) is 11.8 Å². The van der Waals surface area contributed by atoms with Crippen LogP contribution >= 0.6 is 17.8 Å². The maximum Gasteiger partial charge on any atom is 0.0681 e. The van der Waals surface area contributed by atoms with E-state index in [-0.39, 0.29) is 0 Å². The van der Waals surface area contributed by atoms with Gasteiger partial charge in [0.2, 0.25) is 0 Å². The SMILES string of the molecule is S=P(c1ccccc1)(c1ccccc1)c1ccc2cc(-c3ccc4c(c3)Sc3cccc5c6ccccc6n-4c35)ccc2c1. The molecule has 0 radical (unpaired) electrons. The quantitative estimate of drug-likeness (QED) is 0.182. The molecule has 1 aliphatic heterocycles. The Labute approximate surface area is 265 Å². The van der Waals surface area contributed by atoms with Gasteiger partial charge in [-0.1, -0.05) is 145 Å². The first-order valence-corrected chi connectivity index (χ1v) is 18.4. The highest BCUT2D eigenvalue weighted by atomic mass is 32.4. The molecule has 0 unspecified atom stereocenters. The third-order valence-electron chi connectivity index (χ3n) is 8.84. The van der Waals surface area contributed by atoms with E-state index >= 15 is 0 Å². The van der Waals surface area contributed by atoms with Gasteiger partial charge in [-0.05, 0) is 74.2 Å². The molecular formula is C40H26NPS2. The molecule has 9 rings (SSSR count). The molecule has 1 aliphatic rings. The van der Waals surface area contributed by atoms with Gasteiger partial charge in [0.15, 0.2) is 0 Å². The molecule has 208 valence electrons. The Bertz CT molecular complexity index is 2400. The second-order valence-corrected chi connectivity index (χ2v) is 16.8. The van der Waals surface area contributed by atoms with Gasteiger partial charge in [-0.3, -0.25) is 0 Å². The largest absolute Gasteiger partial charge is 0.307 e. The smallest absolute Gasteiger partial charge is 0.0681 e. The lowest BCUT2D eigenvalue weighted by molar-refractivity contribution is 1.09. The molecule has 44 heavy (non-hydrogen) atoms. The van der Waals surface area contributed by atoms with Gasteiger partial charge in [-0.15, -0.1) is 0 Å². The average Bonchev–Trinajstić information content (AvgIpc) is 3.44. The van der Waals surface area contributed by atoms with Gasteiger partial charge >= 0.3 is 0 Å². The zero-order valence-corrected chi connectivity index (χ0v) is 26.2. The van der Waals surface area contributed by atoms with Gasteiger partial charge in [-0.25, -0.2) is 0 Å². The molecule has 0 spiro atoms. The van der Waals surface area contributed by atoms with Crippen molar-refractivity contribution in [3.05, 3.63) is 158 Å². The molecule has 0 saturated carbocycles. The zero-order valence-electron chi connectivity index (χ0n) is 23.7. The van der Waals surface area contributed by atoms with Crippen LogP contribution in [0.15, 0.2) is 168 Å². The van der Waals surface area contributed by atoms with Gasteiger partial charge in [0.1, 0.15) is 0 Å². The van der Waals surface area contributed by atoms with Crippen molar-refractivity contribution in [2.45, 2.75) is 9.79 Å². The zero-order chi connectivity index (χ0) is 29.3. The van der Waals surface area contributed by atoms with E-state index in [4.69, 9.17) is 11.8 Å². The fourth-order valence-corrected chi connectivity index (χ4v) is 11.6. The summed E-state index contributed by atoms with van der Waals surface area (Å²) in [6.07, 6.45) is 0. The van der Waals surface area contributed by atoms with E-state index in [0.29, 0.717) is 0 Å². The summed E-state index contributed by atoms with van der Waals surface area (Å²) in [6.45, 7) is 0. The Hall–Kier alpha value is -4.40. The maximum atomic E-state index is 6.60. The van der Waals surface area contributed by atoms with Gasteiger partial charge < -0.3 is 4.57 Å². The fraction of sp³-hybridized carbons (Fsp3) is 0. The third kappa shape index (κ3) is 3.90. The molecule has 0 atom stereocenters. The van der Waals surface area contributed by atoms with Gasteiger partial charge in [0.25, 0.3) is 0 Å². The van der Waals surface area contributed by atoms with Crippen molar-refractivity contribution in [2.75, 3.05) is 0 Å². The summed E-state index contributed by atoms with van der Waals surface area (Å²) in [5.41, 5.74) is 6.28. The Balaban J connectivity index is 1.14. The highest BCUT2D eigenvalue weighted by Crippen LogP contribution is 2.48. The Morgan fingerprint density at radius 1 is 0.477 bits per heavy atom. The first-order chi connectivity index (χ1) is 21.7. The van der Waals surface area contributed by atoms with Crippen LogP contribution in [0.2, 0.25) is 0 Å². The predicted octanol–water partition coefficient (Wildman–Crippen LogP) is 9.82. The summed E-state index contributed by atoms with van der Waals surface area (Å²) < 4.78 is 2.45. The van der Waals surface area contributed by atoms with E-state index in [2.05, 4.69) is 162 Å². The number of rotatable bonds is 4. The van der Waals surface area contributed by atoms with Crippen molar-refractivity contribution in [1.82, 2.24) is 4.57 Å². The van der Waals surface area contributed by atoms with E-state index in [1.165, 1.54) is 75.1 Å². The minimum Gasteiger partial charge on any atom is -0.307 e. The van der Waals surface area contributed by atoms with Crippen LogP contribution in [0.25, 0.3) is 49.4 Å². The molecular weight excluding hydrogens is 590 g/mol. The maximum absolute atomic E-state index is 6.60. The summed E-state index contributed by atoms with van der Waals surface area (Å²) in [4.78, 5) is 2.59. The van der Waals surface area contributed by atoms with Crippen LogP contribution < -0.4 is 15.9 Å². The van der Waals surface area contributed by atoms with Crippen molar-refractivity contribution < 1.29 is 0 Å². The topological polar surface area (TPSA) is 4.93 Å². The highest BCUT2D eigenvalue weighted by molar-refractivity contribution is 8.25. The minimum atomic E-state index is -2.19. The standard InChI is InChI=1S/C40H26NPS2/c43-42(31-10-3-1-4-11-31,32-12-5-2-6-13-32)33-22-20-28-24-27(18-19-29(28)25-33)30-21-23-37-39(26-30)44-38-17-9-15-35-34-14-7-8-16-36(34)41(37)40(35)38/h1-26H. The van der Waals surface area contributed by atoms with E-state index in [1.807, 2.05) is 11.8 Å². The van der Waals surface area contributed by atoms with E-state index in [1.54, 1.807) is 0 Å². The number of fused-ring (bicyclic) bond motifs is 6. The summed E-state index contributed by atoms with van der Waals surface area (Å²) in [6, 6.07) is 55.1. The summed E-state index contributed by atoms with van der Waals surface area (Å²) in [7, 11) is 0. The monoisotopic (exact) mass is 615 g/mol. The van der Waals surface area contributed by atoms with Gasteiger partial charge in [0, 0.05) is 26.6 Å². The average molecular weight is 616 g/mol. The van der Waals surface area contributed by atoms with Crippen molar-refractivity contribution in [3.63, 3.8) is 0 Å². The second kappa shape index (κ2) is 10.1.